The zero-order valence-electron chi connectivity index (χ0n) is 13.5. The summed E-state index contributed by atoms with van der Waals surface area (Å²) in [6, 6.07) is 13.4. The third kappa shape index (κ3) is 3.37. The quantitative estimate of drug-likeness (QED) is 0.810. The van der Waals surface area contributed by atoms with Crippen LogP contribution in [-0.4, -0.2) is 22.6 Å². The summed E-state index contributed by atoms with van der Waals surface area (Å²) in [5.41, 5.74) is 3.84. The van der Waals surface area contributed by atoms with Gasteiger partial charge in [-0.05, 0) is 55.9 Å². The second kappa shape index (κ2) is 6.79. The van der Waals surface area contributed by atoms with Gasteiger partial charge >= 0.3 is 0 Å². The maximum Gasteiger partial charge on any atom is 0.247 e. The number of carbonyl (C=O) groups excluding carboxylic acids is 1. The van der Waals surface area contributed by atoms with E-state index in [9.17, 15) is 4.79 Å². The maximum atomic E-state index is 12.3. The number of carbonyl (C=O) groups is 1. The van der Waals surface area contributed by atoms with Gasteiger partial charge in [0.15, 0.2) is 5.11 Å². The number of thiocarbonyl (C=S) groups is 1. The van der Waals surface area contributed by atoms with Gasteiger partial charge in [0.1, 0.15) is 0 Å². The first kappa shape index (κ1) is 16.7. The van der Waals surface area contributed by atoms with Crippen LogP contribution in [0.5, 0.6) is 0 Å². The van der Waals surface area contributed by atoms with E-state index in [0.717, 1.165) is 22.5 Å². The predicted molar refractivity (Wildman–Crippen MR) is 102 cm³/mol. The van der Waals surface area contributed by atoms with Gasteiger partial charge in [0.25, 0.3) is 0 Å². The molecule has 0 atom stereocenters. The lowest BCUT2D eigenvalue weighted by Gasteiger charge is -2.30. The van der Waals surface area contributed by atoms with E-state index in [2.05, 4.69) is 5.32 Å². The van der Waals surface area contributed by atoms with Crippen LogP contribution >= 0.6 is 23.8 Å². The fraction of sp³-hybridized carbons (Fsp3) is 0.222. The highest BCUT2D eigenvalue weighted by molar-refractivity contribution is 7.80. The van der Waals surface area contributed by atoms with Crippen molar-refractivity contribution in [3.8, 4) is 0 Å². The molecule has 3 rings (SSSR count). The third-order valence-corrected chi connectivity index (χ3v) is 4.52. The van der Waals surface area contributed by atoms with Gasteiger partial charge in [0.05, 0.1) is 12.2 Å². The van der Waals surface area contributed by atoms with Crippen molar-refractivity contribution in [3.63, 3.8) is 0 Å². The highest BCUT2D eigenvalue weighted by atomic mass is 35.5. The van der Waals surface area contributed by atoms with Crippen molar-refractivity contribution in [2.45, 2.75) is 20.3 Å². The van der Waals surface area contributed by atoms with Crippen molar-refractivity contribution in [2.24, 2.45) is 0 Å². The lowest BCUT2D eigenvalue weighted by Crippen LogP contribution is -2.45. The number of benzene rings is 2. The number of aryl methyl sites for hydroxylation is 2. The molecule has 1 aliphatic rings. The molecule has 1 saturated heterocycles. The SMILES string of the molecule is Cc1ccc(N2C(=O)CCN2C(=S)Nc2cc(Cl)ccc2C)cc1. The van der Waals surface area contributed by atoms with Crippen LogP contribution in [0.4, 0.5) is 11.4 Å². The van der Waals surface area contributed by atoms with E-state index in [4.69, 9.17) is 23.8 Å². The third-order valence-electron chi connectivity index (χ3n) is 3.97. The van der Waals surface area contributed by atoms with E-state index in [0.29, 0.717) is 23.1 Å². The number of anilines is 2. The van der Waals surface area contributed by atoms with E-state index in [1.165, 1.54) is 0 Å². The van der Waals surface area contributed by atoms with Crippen LogP contribution in [0.3, 0.4) is 0 Å². The molecule has 1 amide bonds. The highest BCUT2D eigenvalue weighted by Gasteiger charge is 2.32. The van der Waals surface area contributed by atoms with Crippen LogP contribution in [0.1, 0.15) is 17.5 Å². The number of hydrazine groups is 1. The molecule has 2 aromatic rings. The lowest BCUT2D eigenvalue weighted by molar-refractivity contribution is -0.117. The Bertz CT molecular complexity index is 791. The Labute approximate surface area is 152 Å². The summed E-state index contributed by atoms with van der Waals surface area (Å²) in [4.78, 5) is 12.3. The molecule has 6 heteroatoms. The van der Waals surface area contributed by atoms with Crippen molar-refractivity contribution < 1.29 is 4.79 Å². The van der Waals surface area contributed by atoms with Gasteiger partial charge < -0.3 is 5.32 Å². The fourth-order valence-electron chi connectivity index (χ4n) is 2.61. The Kier molecular flexibility index (Phi) is 4.73. The molecule has 0 unspecified atom stereocenters. The van der Waals surface area contributed by atoms with E-state index in [1.807, 2.05) is 56.3 Å². The minimum absolute atomic E-state index is 0.0332. The summed E-state index contributed by atoms with van der Waals surface area (Å²) < 4.78 is 0. The Morgan fingerprint density at radius 1 is 1.17 bits per heavy atom. The van der Waals surface area contributed by atoms with Gasteiger partial charge in [0, 0.05) is 17.1 Å². The molecule has 2 aromatic carbocycles. The Morgan fingerprint density at radius 3 is 2.58 bits per heavy atom. The van der Waals surface area contributed by atoms with Gasteiger partial charge in [-0.1, -0.05) is 35.4 Å². The highest BCUT2D eigenvalue weighted by Crippen LogP contribution is 2.26. The van der Waals surface area contributed by atoms with Crippen molar-refractivity contribution in [1.82, 2.24) is 5.01 Å². The maximum absolute atomic E-state index is 12.3. The van der Waals surface area contributed by atoms with Crippen LogP contribution in [0.15, 0.2) is 42.5 Å². The number of rotatable bonds is 2. The molecule has 0 spiro atoms. The molecular formula is C18H18ClN3OS. The molecule has 1 fully saturated rings. The van der Waals surface area contributed by atoms with Crippen molar-refractivity contribution in [3.05, 3.63) is 58.6 Å². The molecule has 1 heterocycles. The van der Waals surface area contributed by atoms with Gasteiger partial charge in [0.2, 0.25) is 5.91 Å². The first-order valence-corrected chi connectivity index (χ1v) is 8.48. The van der Waals surface area contributed by atoms with Crippen LogP contribution in [0.25, 0.3) is 0 Å². The van der Waals surface area contributed by atoms with Crippen molar-refractivity contribution in [2.75, 3.05) is 16.9 Å². The van der Waals surface area contributed by atoms with Crippen LogP contribution in [0.2, 0.25) is 5.02 Å². The van der Waals surface area contributed by atoms with E-state index < -0.39 is 0 Å². The summed E-state index contributed by atoms with van der Waals surface area (Å²) in [5.74, 6) is 0.0332. The second-order valence-corrected chi connectivity index (χ2v) is 6.63. The topological polar surface area (TPSA) is 35.6 Å². The molecule has 124 valence electrons. The molecule has 4 nitrogen and oxygen atoms in total. The summed E-state index contributed by atoms with van der Waals surface area (Å²) in [6.07, 6.45) is 0.435. The number of amides is 1. The van der Waals surface area contributed by atoms with Gasteiger partial charge in [-0.25, -0.2) is 5.01 Å². The van der Waals surface area contributed by atoms with Crippen LogP contribution < -0.4 is 10.3 Å². The van der Waals surface area contributed by atoms with Crippen LogP contribution in [0, 0.1) is 13.8 Å². The van der Waals surface area contributed by atoms with Crippen molar-refractivity contribution >= 4 is 46.2 Å². The molecule has 1 N–H and O–H groups in total. The molecule has 0 saturated carbocycles. The Balaban J connectivity index is 1.84. The smallest absolute Gasteiger partial charge is 0.247 e. The molecule has 24 heavy (non-hydrogen) atoms. The standard InChI is InChI=1S/C18H18ClN3OS/c1-12-3-7-15(8-4-12)22-17(23)9-10-21(22)18(24)20-16-11-14(19)6-5-13(16)2/h3-8,11H,9-10H2,1-2H3,(H,20,24). The first-order chi connectivity index (χ1) is 11.5. The molecular weight excluding hydrogens is 342 g/mol. The van der Waals surface area contributed by atoms with Crippen LogP contribution in [-0.2, 0) is 4.79 Å². The average molecular weight is 360 g/mol. The normalized spacial score (nSPS) is 14.2. The van der Waals surface area contributed by atoms with Gasteiger partial charge in [-0.3, -0.25) is 9.80 Å². The Hall–Kier alpha value is -2.11. The summed E-state index contributed by atoms with van der Waals surface area (Å²) in [7, 11) is 0. The first-order valence-electron chi connectivity index (χ1n) is 7.70. The molecule has 0 aliphatic carbocycles. The van der Waals surface area contributed by atoms with E-state index in [1.54, 1.807) is 10.0 Å². The molecule has 0 bridgehead atoms. The minimum atomic E-state index is 0.0332. The molecule has 1 aliphatic heterocycles. The second-order valence-electron chi connectivity index (χ2n) is 5.80. The minimum Gasteiger partial charge on any atom is -0.331 e. The predicted octanol–water partition coefficient (Wildman–Crippen LogP) is 4.31. The zero-order chi connectivity index (χ0) is 17.3. The Morgan fingerprint density at radius 2 is 1.88 bits per heavy atom. The van der Waals surface area contributed by atoms with Gasteiger partial charge in [-0.15, -0.1) is 0 Å². The number of nitrogens with zero attached hydrogens (tertiary/aromatic N) is 2. The van der Waals surface area contributed by atoms with Crippen molar-refractivity contribution in [1.29, 1.82) is 0 Å². The largest absolute Gasteiger partial charge is 0.331 e. The summed E-state index contributed by atoms with van der Waals surface area (Å²) in [6.45, 7) is 4.55. The summed E-state index contributed by atoms with van der Waals surface area (Å²) in [5, 5.41) is 7.75. The number of hydrogen-bond donors (Lipinski definition) is 1. The number of hydrogen-bond acceptors (Lipinski definition) is 2. The zero-order valence-corrected chi connectivity index (χ0v) is 15.1. The monoisotopic (exact) mass is 359 g/mol. The molecule has 0 radical (unpaired) electrons. The number of nitrogens with one attached hydrogen (secondary N) is 1. The van der Waals surface area contributed by atoms with E-state index >= 15 is 0 Å². The van der Waals surface area contributed by atoms with Gasteiger partial charge in [-0.2, -0.15) is 0 Å². The summed E-state index contributed by atoms with van der Waals surface area (Å²) >= 11 is 11.6. The molecule has 0 aromatic heterocycles. The fourth-order valence-corrected chi connectivity index (χ4v) is 3.07. The average Bonchev–Trinajstić information content (AvgIpc) is 2.93. The lowest BCUT2D eigenvalue weighted by atomic mass is 10.2. The van der Waals surface area contributed by atoms with E-state index in [-0.39, 0.29) is 5.91 Å². The number of halogens is 1.